The Morgan fingerprint density at radius 1 is 1.23 bits per heavy atom. The minimum Gasteiger partial charge on any atom is -0.395 e. The highest BCUT2D eigenvalue weighted by molar-refractivity contribution is 4.72. The van der Waals surface area contributed by atoms with E-state index in [0.717, 1.165) is 26.2 Å². The summed E-state index contributed by atoms with van der Waals surface area (Å²) in [5.74, 6) is 0. The van der Waals surface area contributed by atoms with E-state index in [1.165, 1.54) is 13.0 Å². The summed E-state index contributed by atoms with van der Waals surface area (Å²) in [6.45, 7) is 10.4. The van der Waals surface area contributed by atoms with Crippen molar-refractivity contribution in [2.45, 2.75) is 26.3 Å². The molecule has 0 aliphatic carbocycles. The summed E-state index contributed by atoms with van der Waals surface area (Å²) in [6, 6.07) is 0.330. The molecule has 0 saturated carbocycles. The predicted molar refractivity (Wildman–Crippen MR) is 54.9 cm³/mol. The lowest BCUT2D eigenvalue weighted by Crippen LogP contribution is -2.38. The van der Waals surface area contributed by atoms with E-state index in [9.17, 15) is 0 Å². The molecule has 1 unspecified atom stereocenters. The van der Waals surface area contributed by atoms with Gasteiger partial charge in [-0.25, -0.2) is 0 Å². The summed E-state index contributed by atoms with van der Waals surface area (Å²) in [4.78, 5) is 4.86. The summed E-state index contributed by atoms with van der Waals surface area (Å²) < 4.78 is 0. The fourth-order valence-electron chi connectivity index (χ4n) is 1.86. The van der Waals surface area contributed by atoms with Crippen molar-refractivity contribution in [2.24, 2.45) is 0 Å². The van der Waals surface area contributed by atoms with Gasteiger partial charge >= 0.3 is 0 Å². The predicted octanol–water partition coefficient (Wildman–Crippen LogP) is 0.395. The van der Waals surface area contributed by atoms with Gasteiger partial charge in [-0.3, -0.25) is 4.90 Å². The van der Waals surface area contributed by atoms with Crippen LogP contribution in [0.25, 0.3) is 0 Å². The van der Waals surface area contributed by atoms with Crippen LogP contribution in [0, 0.1) is 0 Å². The molecule has 0 spiro atoms. The van der Waals surface area contributed by atoms with Crippen LogP contribution in [0.5, 0.6) is 0 Å². The number of aliphatic hydroxyl groups excluding tert-OH is 1. The van der Waals surface area contributed by atoms with E-state index in [1.807, 2.05) is 0 Å². The van der Waals surface area contributed by atoms with Crippen molar-refractivity contribution in [3.63, 3.8) is 0 Å². The molecule has 1 saturated heterocycles. The molecule has 1 atom stereocenters. The average Bonchev–Trinajstić information content (AvgIpc) is 2.41. The Labute approximate surface area is 81.3 Å². The maximum absolute atomic E-state index is 9.05. The fraction of sp³-hybridized carbons (Fsp3) is 1.00. The van der Waals surface area contributed by atoms with Gasteiger partial charge < -0.3 is 10.0 Å². The van der Waals surface area contributed by atoms with E-state index < -0.39 is 0 Å². The molecule has 0 aromatic heterocycles. The van der Waals surface area contributed by atoms with Crippen molar-refractivity contribution < 1.29 is 5.11 Å². The molecule has 0 radical (unpaired) electrons. The summed E-state index contributed by atoms with van der Waals surface area (Å²) in [5, 5.41) is 9.05. The number of hydrogen-bond acceptors (Lipinski definition) is 3. The van der Waals surface area contributed by atoms with E-state index in [2.05, 4.69) is 23.6 Å². The van der Waals surface area contributed by atoms with Crippen molar-refractivity contribution in [3.8, 4) is 0 Å². The fourth-order valence-corrected chi connectivity index (χ4v) is 1.86. The monoisotopic (exact) mass is 186 g/mol. The Morgan fingerprint density at radius 2 is 2.00 bits per heavy atom. The standard InChI is InChI=1S/C10H22N2O/c1-3-11-5-4-6-12(8-7-11)10(2)9-13/h10,13H,3-9H2,1-2H3. The summed E-state index contributed by atoms with van der Waals surface area (Å²) in [7, 11) is 0. The van der Waals surface area contributed by atoms with Crippen molar-refractivity contribution in [1.82, 2.24) is 9.80 Å². The van der Waals surface area contributed by atoms with Crippen LogP contribution in [0.4, 0.5) is 0 Å². The Balaban J connectivity index is 2.35. The summed E-state index contributed by atoms with van der Waals surface area (Å²) >= 11 is 0. The summed E-state index contributed by atoms with van der Waals surface area (Å²) in [6.07, 6.45) is 1.23. The normalized spacial score (nSPS) is 24.2. The Bertz CT molecular complexity index is 141. The Hall–Kier alpha value is -0.120. The Morgan fingerprint density at radius 3 is 2.62 bits per heavy atom. The largest absolute Gasteiger partial charge is 0.395 e. The second-order valence-electron chi connectivity index (χ2n) is 3.86. The number of hydrogen-bond donors (Lipinski definition) is 1. The topological polar surface area (TPSA) is 26.7 Å². The third kappa shape index (κ3) is 3.25. The molecule has 0 bridgehead atoms. The molecule has 0 aromatic rings. The van der Waals surface area contributed by atoms with Gasteiger partial charge in [0.05, 0.1) is 6.61 Å². The van der Waals surface area contributed by atoms with Crippen molar-refractivity contribution in [3.05, 3.63) is 0 Å². The Kier molecular flexibility index (Phi) is 4.70. The van der Waals surface area contributed by atoms with Crippen LogP contribution >= 0.6 is 0 Å². The van der Waals surface area contributed by atoms with Gasteiger partial charge in [0.25, 0.3) is 0 Å². The number of aliphatic hydroxyl groups is 1. The van der Waals surface area contributed by atoms with Gasteiger partial charge in [0.2, 0.25) is 0 Å². The molecule has 0 aromatic carbocycles. The molecule has 1 aliphatic rings. The van der Waals surface area contributed by atoms with Crippen LogP contribution < -0.4 is 0 Å². The lowest BCUT2D eigenvalue weighted by molar-refractivity contribution is 0.137. The summed E-state index contributed by atoms with van der Waals surface area (Å²) in [5.41, 5.74) is 0. The van der Waals surface area contributed by atoms with E-state index in [4.69, 9.17) is 5.11 Å². The van der Waals surface area contributed by atoms with E-state index in [0.29, 0.717) is 6.04 Å². The van der Waals surface area contributed by atoms with Gasteiger partial charge in [-0.2, -0.15) is 0 Å². The zero-order valence-electron chi connectivity index (χ0n) is 8.87. The minimum absolute atomic E-state index is 0.284. The first-order valence-corrected chi connectivity index (χ1v) is 5.35. The number of likely N-dealkylation sites (N-methyl/N-ethyl adjacent to an activating group) is 1. The van der Waals surface area contributed by atoms with Gasteiger partial charge in [-0.15, -0.1) is 0 Å². The van der Waals surface area contributed by atoms with Crippen LogP contribution in [-0.4, -0.2) is 60.3 Å². The third-order valence-corrected chi connectivity index (χ3v) is 2.96. The molecule has 1 aliphatic heterocycles. The number of nitrogens with zero attached hydrogens (tertiary/aromatic N) is 2. The van der Waals surface area contributed by atoms with Crippen LogP contribution in [0.15, 0.2) is 0 Å². The molecule has 1 rings (SSSR count). The van der Waals surface area contributed by atoms with Crippen LogP contribution in [-0.2, 0) is 0 Å². The van der Waals surface area contributed by atoms with Crippen molar-refractivity contribution in [2.75, 3.05) is 39.3 Å². The van der Waals surface area contributed by atoms with Crippen LogP contribution in [0.1, 0.15) is 20.3 Å². The molecule has 3 nitrogen and oxygen atoms in total. The molecule has 1 N–H and O–H groups in total. The zero-order valence-corrected chi connectivity index (χ0v) is 8.87. The SMILES string of the molecule is CCN1CCCN(C(C)CO)CC1. The number of rotatable bonds is 3. The smallest absolute Gasteiger partial charge is 0.0584 e. The first-order chi connectivity index (χ1) is 6.27. The van der Waals surface area contributed by atoms with Gasteiger partial charge in [-0.1, -0.05) is 6.92 Å². The first-order valence-electron chi connectivity index (χ1n) is 5.35. The minimum atomic E-state index is 0.284. The lowest BCUT2D eigenvalue weighted by Gasteiger charge is -2.25. The van der Waals surface area contributed by atoms with Crippen LogP contribution in [0.2, 0.25) is 0 Å². The molecule has 13 heavy (non-hydrogen) atoms. The molecular formula is C10H22N2O. The van der Waals surface area contributed by atoms with Crippen molar-refractivity contribution in [1.29, 1.82) is 0 Å². The van der Waals surface area contributed by atoms with E-state index >= 15 is 0 Å². The lowest BCUT2D eigenvalue weighted by atomic mass is 10.3. The maximum Gasteiger partial charge on any atom is 0.0584 e. The van der Waals surface area contributed by atoms with Gasteiger partial charge in [0, 0.05) is 19.1 Å². The van der Waals surface area contributed by atoms with Crippen molar-refractivity contribution >= 4 is 0 Å². The second-order valence-corrected chi connectivity index (χ2v) is 3.86. The third-order valence-electron chi connectivity index (χ3n) is 2.96. The molecule has 1 fully saturated rings. The van der Waals surface area contributed by atoms with E-state index in [-0.39, 0.29) is 6.61 Å². The van der Waals surface area contributed by atoms with Crippen LogP contribution in [0.3, 0.4) is 0 Å². The van der Waals surface area contributed by atoms with E-state index in [1.54, 1.807) is 0 Å². The molecule has 1 heterocycles. The molecule has 78 valence electrons. The average molecular weight is 186 g/mol. The maximum atomic E-state index is 9.05. The zero-order chi connectivity index (χ0) is 9.68. The second kappa shape index (κ2) is 5.58. The molecule has 3 heteroatoms. The highest BCUT2D eigenvalue weighted by Crippen LogP contribution is 2.06. The molecular weight excluding hydrogens is 164 g/mol. The van der Waals surface area contributed by atoms with Gasteiger partial charge in [0.15, 0.2) is 0 Å². The highest BCUT2D eigenvalue weighted by atomic mass is 16.3. The quantitative estimate of drug-likeness (QED) is 0.691. The first kappa shape index (κ1) is 11.0. The highest BCUT2D eigenvalue weighted by Gasteiger charge is 2.17. The molecule has 0 amide bonds. The van der Waals surface area contributed by atoms with Gasteiger partial charge in [-0.05, 0) is 33.0 Å². The van der Waals surface area contributed by atoms with Gasteiger partial charge in [0.1, 0.15) is 0 Å².